The van der Waals surface area contributed by atoms with Crippen LogP contribution in [-0.4, -0.2) is 55.2 Å². The number of rotatable bonds is 13. The molecule has 3 N–H and O–H groups in total. The number of fused-ring (bicyclic) bond motifs is 1. The van der Waals surface area contributed by atoms with Gasteiger partial charge >= 0.3 is 11.7 Å². The average Bonchev–Trinajstić information content (AvgIpc) is 3.68. The Labute approximate surface area is 372 Å². The van der Waals surface area contributed by atoms with Crippen molar-refractivity contribution in [3.63, 3.8) is 0 Å². The summed E-state index contributed by atoms with van der Waals surface area (Å²) in [4.78, 5) is 49.6. The van der Waals surface area contributed by atoms with Crippen LogP contribution in [0.2, 0.25) is 0 Å². The molecular weight excluding hydrogens is 811 g/mol. The smallest absolute Gasteiger partial charge is 0.343 e. The lowest BCUT2D eigenvalue weighted by molar-refractivity contribution is 0.114. The molecule has 342 valence electrons. The van der Waals surface area contributed by atoms with Gasteiger partial charge in [0.15, 0.2) is 0 Å². The number of thiophene rings is 1. The summed E-state index contributed by atoms with van der Waals surface area (Å²) in [7, 11) is 5.27. The first kappa shape index (κ1) is 58.6. The van der Waals surface area contributed by atoms with Crippen LogP contribution in [0.15, 0.2) is 113 Å². The molecule has 0 aliphatic carbocycles. The molecule has 0 fully saturated rings. The third-order valence-corrected chi connectivity index (χ3v) is 8.98. The maximum Gasteiger partial charge on any atom is 0.343 e. The highest BCUT2D eigenvalue weighted by atomic mass is 32.1. The Bertz CT molecular complexity index is 2170. The highest BCUT2D eigenvalue weighted by molar-refractivity contribution is 7.22. The lowest BCUT2D eigenvalue weighted by Gasteiger charge is -2.14. The molecule has 3 aromatic heterocycles. The molecule has 0 radical (unpaired) electrons. The second-order valence-electron chi connectivity index (χ2n) is 11.9. The van der Waals surface area contributed by atoms with Gasteiger partial charge in [0, 0.05) is 47.4 Å². The van der Waals surface area contributed by atoms with Crippen molar-refractivity contribution in [3.8, 4) is 10.4 Å². The van der Waals surface area contributed by atoms with E-state index in [1.54, 1.807) is 50.6 Å². The minimum absolute atomic E-state index is 0.0603. The standard InChI is InChI=1S/C29H30FN5O4S.C7H9N.C5H10O.3C2H6.CH3F/c1-5-9-21(6-2)35-26(36)24-22(16-31-3)25(18-12-14-20(15-13-18)32-28(37)33-39-4)40-27(24)34(29(35)38)17-19-10-7-8-11-23(19)30;1-2-7-5-3-4-6-8-7;1-5(2)4-6-3;4*1-2/h6-15,31H,2,5,16-17H2,1,3-4H3,(H2,32,33,37);3-6H,2H2,1H3;1,4H2,2-3H3;3*1-2H3;1H3/b21-9+;;;;;;. The van der Waals surface area contributed by atoms with Crippen LogP contribution in [0.1, 0.15) is 85.6 Å². The predicted octanol–water partition coefficient (Wildman–Crippen LogP) is 11.4. The van der Waals surface area contributed by atoms with Crippen molar-refractivity contribution in [1.29, 1.82) is 0 Å². The summed E-state index contributed by atoms with van der Waals surface area (Å²) >= 11 is 1.29. The van der Waals surface area contributed by atoms with Crippen LogP contribution < -0.4 is 27.4 Å². The van der Waals surface area contributed by atoms with Gasteiger partial charge in [0.1, 0.15) is 10.6 Å². The van der Waals surface area contributed by atoms with Gasteiger partial charge < -0.3 is 15.4 Å². The van der Waals surface area contributed by atoms with E-state index in [0.717, 1.165) is 32.7 Å². The van der Waals surface area contributed by atoms with E-state index < -0.39 is 23.1 Å². The number of pyridine rings is 1. The van der Waals surface area contributed by atoms with Gasteiger partial charge in [-0.25, -0.2) is 24.0 Å². The number of aryl methyl sites for hydroxylation is 1. The Morgan fingerprint density at radius 3 is 2.00 bits per heavy atom. The Hall–Kier alpha value is -5.54. The largest absolute Gasteiger partial charge is 0.380 e. The van der Waals surface area contributed by atoms with Crippen LogP contribution in [-0.2, 0) is 29.1 Å². The molecule has 0 atom stereocenters. The molecule has 0 saturated heterocycles. The number of allylic oxidation sites excluding steroid dienone is 3. The van der Waals surface area contributed by atoms with Gasteiger partial charge in [0.25, 0.3) is 5.56 Å². The van der Waals surface area contributed by atoms with E-state index in [9.17, 15) is 23.2 Å². The fourth-order valence-electron chi connectivity index (χ4n) is 5.29. The number of ether oxygens (including phenoxy) is 1. The van der Waals surface area contributed by atoms with Crippen LogP contribution in [0, 0.1) is 5.82 Å². The summed E-state index contributed by atoms with van der Waals surface area (Å²) in [5.74, 6) is -0.443. The normalized spacial score (nSPS) is 9.82. The molecule has 0 aliphatic rings. The van der Waals surface area contributed by atoms with Crippen LogP contribution in [0.5, 0.6) is 0 Å². The molecule has 0 spiro atoms. The van der Waals surface area contributed by atoms with Gasteiger partial charge in [-0.1, -0.05) is 117 Å². The zero-order chi connectivity index (χ0) is 47.6. The van der Waals surface area contributed by atoms with Gasteiger partial charge in [-0.05, 0) is 74.3 Å². The van der Waals surface area contributed by atoms with E-state index in [2.05, 4.69) is 46.0 Å². The number of hydrogen-bond acceptors (Lipinski definition) is 8. The summed E-state index contributed by atoms with van der Waals surface area (Å²) < 4.78 is 31.5. The number of carbonyl (C=O) groups is 1. The highest BCUT2D eigenvalue weighted by Gasteiger charge is 2.24. The summed E-state index contributed by atoms with van der Waals surface area (Å²) in [5, 5.41) is 6.15. The van der Waals surface area contributed by atoms with Crippen molar-refractivity contribution in [2.75, 3.05) is 40.4 Å². The zero-order valence-electron chi connectivity index (χ0n) is 39.1. The van der Waals surface area contributed by atoms with E-state index in [1.165, 1.54) is 35.2 Å². The quantitative estimate of drug-likeness (QED) is 0.0610. The summed E-state index contributed by atoms with van der Waals surface area (Å²) in [6.07, 6.45) is 6.66. The number of hydrogen-bond donors (Lipinski definition) is 3. The number of halogens is 2. The van der Waals surface area contributed by atoms with Crippen LogP contribution in [0.3, 0.4) is 0 Å². The molecule has 2 amide bonds. The second-order valence-corrected chi connectivity index (χ2v) is 12.9. The summed E-state index contributed by atoms with van der Waals surface area (Å²) in [6.45, 7) is 26.3. The van der Waals surface area contributed by atoms with Crippen molar-refractivity contribution < 1.29 is 23.1 Å². The number of hydroxylamine groups is 1. The van der Waals surface area contributed by atoms with E-state index in [1.807, 2.05) is 91.9 Å². The highest BCUT2D eigenvalue weighted by Crippen LogP contribution is 2.38. The van der Waals surface area contributed by atoms with E-state index in [-0.39, 0.29) is 6.54 Å². The molecule has 5 rings (SSSR count). The first-order chi connectivity index (χ1) is 30.0. The molecule has 62 heavy (non-hydrogen) atoms. The van der Waals surface area contributed by atoms with Crippen molar-refractivity contribution in [3.05, 3.63) is 147 Å². The molecule has 0 bridgehead atoms. The number of anilines is 1. The summed E-state index contributed by atoms with van der Waals surface area (Å²) in [6, 6.07) is 18.8. The average molecular weight is 881 g/mol. The fraction of sp³-hybridized carbons (Fsp3) is 0.375. The van der Waals surface area contributed by atoms with E-state index in [0.29, 0.717) is 59.5 Å². The maximum atomic E-state index is 14.7. The first-order valence-corrected chi connectivity index (χ1v) is 21.5. The number of benzene rings is 2. The van der Waals surface area contributed by atoms with E-state index in [4.69, 9.17) is 4.74 Å². The predicted molar refractivity (Wildman–Crippen MR) is 259 cm³/mol. The van der Waals surface area contributed by atoms with Crippen molar-refractivity contribution >= 4 is 39.0 Å². The van der Waals surface area contributed by atoms with E-state index >= 15 is 0 Å². The maximum absolute atomic E-state index is 14.7. The number of nitrogens with one attached hydrogen (secondary N) is 3. The first-order valence-electron chi connectivity index (χ1n) is 20.7. The Balaban J connectivity index is 0. The number of nitrogens with zero attached hydrogens (tertiary/aromatic N) is 3. The monoisotopic (exact) mass is 881 g/mol. The number of aromatic nitrogens is 3. The van der Waals surface area contributed by atoms with Crippen LogP contribution in [0.4, 0.5) is 19.3 Å². The zero-order valence-corrected chi connectivity index (χ0v) is 39.9. The van der Waals surface area contributed by atoms with Crippen molar-refractivity contribution in [2.45, 2.75) is 88.2 Å². The summed E-state index contributed by atoms with van der Waals surface area (Å²) in [5.41, 5.74) is 6.10. The topological polar surface area (TPSA) is 129 Å². The van der Waals surface area contributed by atoms with Gasteiger partial charge in [-0.15, -0.1) is 11.3 Å². The van der Waals surface area contributed by atoms with Crippen LogP contribution >= 0.6 is 11.3 Å². The Kier molecular flexibility index (Phi) is 33.1. The molecule has 5 aromatic rings. The second kappa shape index (κ2) is 35.1. The SMILES string of the molecule is C=C(C)COC.C=C/C(=C\CC)n1c(=O)c2c(CNC)c(-c3ccc(NC(=O)NOC)cc3)sc2n(Cc2ccccc2F)c1=O.CC.CC.CC.CCc1ccccn1.CF. The minimum atomic E-state index is -0.576. The molecule has 11 nitrogen and oxygen atoms in total. The van der Waals surface area contributed by atoms with Gasteiger partial charge in [0.05, 0.1) is 32.8 Å². The van der Waals surface area contributed by atoms with Gasteiger partial charge in [-0.3, -0.25) is 23.6 Å². The third kappa shape index (κ3) is 18.6. The molecule has 2 aromatic carbocycles. The molecule has 14 heteroatoms. The Morgan fingerprint density at radius 1 is 0.935 bits per heavy atom. The lowest BCUT2D eigenvalue weighted by Crippen LogP contribution is -2.39. The van der Waals surface area contributed by atoms with Gasteiger partial charge in [-0.2, -0.15) is 0 Å². The number of amides is 2. The number of alkyl halides is 1. The number of urea groups is 1. The minimum Gasteiger partial charge on any atom is -0.380 e. The Morgan fingerprint density at radius 2 is 1.55 bits per heavy atom. The fourth-order valence-corrected chi connectivity index (χ4v) is 6.60. The molecule has 0 saturated carbocycles. The van der Waals surface area contributed by atoms with Crippen molar-refractivity contribution in [2.24, 2.45) is 0 Å². The number of methoxy groups -OCH3 is 1. The lowest BCUT2D eigenvalue weighted by atomic mass is 10.1. The molecule has 3 heterocycles. The third-order valence-electron chi connectivity index (χ3n) is 7.67. The van der Waals surface area contributed by atoms with Gasteiger partial charge in [0.2, 0.25) is 0 Å². The van der Waals surface area contributed by atoms with Crippen molar-refractivity contribution in [1.82, 2.24) is 24.9 Å². The van der Waals surface area contributed by atoms with Crippen LogP contribution in [0.25, 0.3) is 26.4 Å². The molecular formula is C48H70F2N6O5S. The molecule has 0 aliphatic heterocycles. The number of carbonyl (C=O) groups excluding carboxylic acids is 1. The molecule has 0 unspecified atom stereocenters.